The average molecular weight is 1140 g/mol. The fourth-order valence-corrected chi connectivity index (χ4v) is 17.4. The van der Waals surface area contributed by atoms with Gasteiger partial charge in [-0.25, -0.2) is 0 Å². The Kier molecular flexibility index (Phi) is 10.2. The van der Waals surface area contributed by atoms with E-state index in [2.05, 4.69) is 315 Å². The Morgan fingerprint density at radius 3 is 1.38 bits per heavy atom. The molecule has 0 atom stereocenters. The second-order valence-electron chi connectivity index (χ2n) is 25.6. The summed E-state index contributed by atoms with van der Waals surface area (Å²) in [6.45, 7) is 9.57. The molecule has 0 amide bonds. The summed E-state index contributed by atoms with van der Waals surface area (Å²) in [4.78, 5) is 4.91. The maximum Gasteiger partial charge on any atom is 0.0620 e. The monoisotopic (exact) mass is 1140 g/mol. The molecule has 0 aliphatic heterocycles. The molecule has 3 aromatic heterocycles. The maximum atomic E-state index is 2.59. The van der Waals surface area contributed by atoms with Crippen molar-refractivity contribution in [2.75, 3.05) is 9.80 Å². The molecule has 414 valence electrons. The minimum absolute atomic E-state index is 0.132. The van der Waals surface area contributed by atoms with Crippen molar-refractivity contribution in [3.63, 3.8) is 0 Å². The molecule has 14 aromatic carbocycles. The fraction of sp³-hybridized carbons (Fsp3) is 0.0714. The van der Waals surface area contributed by atoms with Gasteiger partial charge in [-0.1, -0.05) is 204 Å². The lowest BCUT2D eigenvalue weighted by Crippen LogP contribution is -2.16. The van der Waals surface area contributed by atoms with Gasteiger partial charge in [0, 0.05) is 92.1 Å². The summed E-state index contributed by atoms with van der Waals surface area (Å²) in [5, 5.41) is 15.4. The van der Waals surface area contributed by atoms with Crippen molar-refractivity contribution in [3.8, 4) is 33.4 Å². The second-order valence-corrected chi connectivity index (χ2v) is 26.7. The van der Waals surface area contributed by atoms with E-state index >= 15 is 0 Å². The highest BCUT2D eigenvalue weighted by Crippen LogP contribution is 2.56. The third-order valence-electron chi connectivity index (χ3n) is 20.1. The molecule has 0 saturated heterocycles. The number of para-hydroxylation sites is 2. The zero-order valence-corrected chi connectivity index (χ0v) is 50.0. The molecule has 0 bridgehead atoms. The topological polar surface area (TPSA) is 10.9 Å². The van der Waals surface area contributed by atoms with Crippen molar-refractivity contribution >= 4 is 136 Å². The van der Waals surface area contributed by atoms with Gasteiger partial charge in [0.2, 0.25) is 0 Å². The van der Waals surface area contributed by atoms with E-state index in [1.807, 2.05) is 11.3 Å². The molecular weight excluding hydrogens is 1080 g/mol. The molecule has 0 radical (unpaired) electrons. The number of aromatic nitrogens is 1. The third-order valence-corrected chi connectivity index (χ3v) is 21.3. The van der Waals surface area contributed by atoms with E-state index in [0.717, 1.165) is 34.1 Å². The molecule has 0 fully saturated rings. The highest BCUT2D eigenvalue weighted by atomic mass is 32.1. The van der Waals surface area contributed by atoms with Crippen molar-refractivity contribution in [1.29, 1.82) is 0 Å². The highest BCUT2D eigenvalue weighted by Gasteiger charge is 2.39. The van der Waals surface area contributed by atoms with Gasteiger partial charge in [-0.3, -0.25) is 0 Å². The molecule has 0 saturated carbocycles. The zero-order valence-electron chi connectivity index (χ0n) is 49.2. The second kappa shape index (κ2) is 18.0. The molecule has 19 rings (SSSR count). The lowest BCUT2D eigenvalue weighted by atomic mass is 9.80. The van der Waals surface area contributed by atoms with Crippen LogP contribution in [-0.2, 0) is 10.8 Å². The van der Waals surface area contributed by atoms with Crippen LogP contribution in [0.25, 0.3) is 124 Å². The summed E-state index contributed by atoms with van der Waals surface area (Å²) in [6.07, 6.45) is 0. The predicted molar refractivity (Wildman–Crippen MR) is 376 cm³/mol. The number of thiophene rings is 1. The maximum absolute atomic E-state index is 2.59. The number of rotatable bonds is 7. The van der Waals surface area contributed by atoms with Gasteiger partial charge in [-0.05, 0) is 180 Å². The van der Waals surface area contributed by atoms with Gasteiger partial charge in [-0.15, -0.1) is 11.3 Å². The smallest absolute Gasteiger partial charge is 0.0620 e. The van der Waals surface area contributed by atoms with Crippen molar-refractivity contribution in [3.05, 3.63) is 295 Å². The lowest BCUT2D eigenvalue weighted by Gasteiger charge is -2.27. The zero-order chi connectivity index (χ0) is 58.3. The van der Waals surface area contributed by atoms with Gasteiger partial charge in [0.05, 0.1) is 16.6 Å². The predicted octanol–water partition coefficient (Wildman–Crippen LogP) is 23.9. The van der Waals surface area contributed by atoms with Crippen LogP contribution in [0.2, 0.25) is 0 Å². The van der Waals surface area contributed by atoms with E-state index in [0.29, 0.717) is 0 Å². The SMILES string of the molecule is CC1(C)c2ccc(N(c3ccccc3)c3ccc4c(c3)sc3c5cc6c(cc5ccc43)c3cc(-c4ccccc4)cc4c5ccc(N(c7ccccc7)c7ccc8c(c7)-c7ccc9ccccc9c7C8(C)C)cc5n6c43)cc2-c2ccc3ccccc3c21. The largest absolute Gasteiger partial charge is 0.310 e. The number of fused-ring (bicyclic) bond motifs is 21. The van der Waals surface area contributed by atoms with E-state index in [4.69, 9.17) is 0 Å². The van der Waals surface area contributed by atoms with Crippen molar-refractivity contribution in [2.24, 2.45) is 0 Å². The summed E-state index contributed by atoms with van der Waals surface area (Å²) in [6, 6.07) is 103. The molecule has 3 nitrogen and oxygen atoms in total. The van der Waals surface area contributed by atoms with Crippen molar-refractivity contribution in [2.45, 2.75) is 38.5 Å². The molecule has 0 spiro atoms. The number of hydrogen-bond acceptors (Lipinski definition) is 3. The standard InChI is InChI=1S/C84H57N3S/c1-83(2)74-40-33-57(45-69(74)65-35-28-51-20-14-16-26-61(51)79(65)83)85(55-22-10-6-11-23-55)59-31-38-63-72-43-54(50-18-8-5-9-19-50)44-73-71-42-53-30-37-67-64-39-32-60(48-78(64)88-82(67)68(53)49-77(71)87(81(72)73)76(63)47-59)86(56-24-12-7-13-25-56)58-34-41-75-70(46-58)66-36-29-52-21-15-17-27-62(52)80(66)84(75,3)4/h5-49H,1-4H3. The van der Waals surface area contributed by atoms with Crippen LogP contribution >= 0.6 is 11.3 Å². The molecule has 2 aliphatic rings. The first-order valence-electron chi connectivity index (χ1n) is 30.8. The molecule has 88 heavy (non-hydrogen) atoms. The molecule has 17 aromatic rings. The third kappa shape index (κ3) is 6.89. The first kappa shape index (κ1) is 49.7. The Labute approximate surface area is 514 Å². The van der Waals surface area contributed by atoms with Crippen LogP contribution in [0.15, 0.2) is 273 Å². The minimum atomic E-state index is -0.148. The normalized spacial score (nSPS) is 13.9. The Hall–Kier alpha value is -10.5. The molecule has 0 unspecified atom stereocenters. The summed E-state index contributed by atoms with van der Waals surface area (Å²) in [7, 11) is 0. The van der Waals surface area contributed by atoms with Crippen LogP contribution < -0.4 is 9.80 Å². The Bertz CT molecular complexity index is 5810. The van der Waals surface area contributed by atoms with Gasteiger partial charge < -0.3 is 14.2 Å². The molecule has 4 heteroatoms. The number of hydrogen-bond donors (Lipinski definition) is 0. The number of nitrogens with zero attached hydrogens (tertiary/aromatic N) is 3. The summed E-state index contributed by atoms with van der Waals surface area (Å²) < 4.78 is 5.16. The van der Waals surface area contributed by atoms with E-state index < -0.39 is 0 Å². The molecular formula is C84H57N3S. The quantitative estimate of drug-likeness (QED) is 0.157. The first-order valence-corrected chi connectivity index (χ1v) is 31.6. The van der Waals surface area contributed by atoms with Gasteiger partial charge >= 0.3 is 0 Å². The number of benzene rings is 14. The summed E-state index contributed by atoms with van der Waals surface area (Å²) in [5.41, 5.74) is 23.4. The van der Waals surface area contributed by atoms with Crippen LogP contribution in [0.4, 0.5) is 34.1 Å². The van der Waals surface area contributed by atoms with Crippen LogP contribution in [0, 0.1) is 0 Å². The van der Waals surface area contributed by atoms with Crippen molar-refractivity contribution in [1.82, 2.24) is 4.40 Å². The minimum Gasteiger partial charge on any atom is -0.310 e. The molecule has 3 heterocycles. The van der Waals surface area contributed by atoms with E-state index in [1.165, 1.54) is 146 Å². The van der Waals surface area contributed by atoms with Gasteiger partial charge in [-0.2, -0.15) is 0 Å². The summed E-state index contributed by atoms with van der Waals surface area (Å²) >= 11 is 1.92. The number of anilines is 6. The van der Waals surface area contributed by atoms with Crippen LogP contribution in [0.3, 0.4) is 0 Å². The van der Waals surface area contributed by atoms with E-state index in [-0.39, 0.29) is 10.8 Å². The van der Waals surface area contributed by atoms with E-state index in [9.17, 15) is 0 Å². The summed E-state index contributed by atoms with van der Waals surface area (Å²) in [5.74, 6) is 0. The molecule has 2 aliphatic carbocycles. The fourth-order valence-electron chi connectivity index (χ4n) is 16.2. The van der Waals surface area contributed by atoms with Crippen LogP contribution in [-0.4, -0.2) is 4.40 Å². The molecule has 0 N–H and O–H groups in total. The Morgan fingerprint density at radius 1 is 0.295 bits per heavy atom. The van der Waals surface area contributed by atoms with Crippen molar-refractivity contribution < 1.29 is 0 Å². The Morgan fingerprint density at radius 2 is 0.773 bits per heavy atom. The van der Waals surface area contributed by atoms with Gasteiger partial charge in [0.25, 0.3) is 0 Å². The van der Waals surface area contributed by atoms with Crippen LogP contribution in [0.1, 0.15) is 49.9 Å². The highest BCUT2D eigenvalue weighted by molar-refractivity contribution is 7.26. The Balaban J connectivity index is 0.797. The first-order chi connectivity index (χ1) is 43.1. The van der Waals surface area contributed by atoms with Gasteiger partial charge in [0.15, 0.2) is 0 Å². The van der Waals surface area contributed by atoms with E-state index in [1.54, 1.807) is 0 Å². The van der Waals surface area contributed by atoms with Crippen LogP contribution in [0.5, 0.6) is 0 Å². The lowest BCUT2D eigenvalue weighted by molar-refractivity contribution is 0.666. The van der Waals surface area contributed by atoms with Gasteiger partial charge in [0.1, 0.15) is 0 Å². The average Bonchev–Trinajstić information content (AvgIpc) is 1.58.